The number of nitrogens with one attached hydrogen (secondary N) is 3. The number of anilines is 4. The van der Waals surface area contributed by atoms with E-state index in [1.165, 1.54) is 16.4 Å². The second kappa shape index (κ2) is 16.4. The molecule has 308 valence electrons. The molecule has 3 fully saturated rings. The van der Waals surface area contributed by atoms with Crippen LogP contribution < -0.4 is 26.4 Å². The van der Waals surface area contributed by atoms with Crippen molar-refractivity contribution in [2.75, 3.05) is 48.3 Å². The van der Waals surface area contributed by atoms with Gasteiger partial charge in [0.25, 0.3) is 5.56 Å². The molecule has 0 saturated carbocycles. The number of alkyl halides is 1. The van der Waals surface area contributed by atoms with Crippen LogP contribution >= 0.6 is 0 Å². The molecule has 3 aromatic heterocycles. The molecule has 15 heteroatoms. The van der Waals surface area contributed by atoms with Crippen molar-refractivity contribution in [2.45, 2.75) is 82.1 Å². The molecule has 3 aliphatic heterocycles. The molecule has 14 nitrogen and oxygen atoms in total. The van der Waals surface area contributed by atoms with Gasteiger partial charge in [-0.15, -0.1) is 6.58 Å². The standard InChI is InChI=1S/C44H51FN10O4/c1-4-22-54-41(58)34-27-46-42(51-39(34)55(54)37-7-5-6-36(49-37)43(2,3)59)48-32-12-14-33(15-13-32)53-25-20-44(45,21-26-53)28-52-23-18-30(19-24-52)29-8-10-31(11-9-29)47-35-16-17-38(56)50-40(35)57/h4-15,27,30,35,47,59H,1,16-26,28H2,2-3H3,(H,46,48,51)(H,50,56,57). The number of aromatic nitrogens is 5. The molecule has 2 aromatic carbocycles. The van der Waals surface area contributed by atoms with E-state index in [4.69, 9.17) is 4.98 Å². The Morgan fingerprint density at radius 1 is 0.949 bits per heavy atom. The van der Waals surface area contributed by atoms with Crippen LogP contribution in [0.2, 0.25) is 0 Å². The van der Waals surface area contributed by atoms with Crippen LogP contribution in [0.1, 0.15) is 69.5 Å². The predicted molar refractivity (Wildman–Crippen MR) is 226 cm³/mol. The molecule has 5 aromatic rings. The fraction of sp³-hybridized carbons (Fsp3) is 0.409. The summed E-state index contributed by atoms with van der Waals surface area (Å²) < 4.78 is 19.4. The number of halogens is 1. The minimum absolute atomic E-state index is 0.222. The van der Waals surface area contributed by atoms with E-state index >= 15 is 4.39 Å². The van der Waals surface area contributed by atoms with Gasteiger partial charge in [0.1, 0.15) is 22.7 Å². The number of nitrogens with zero attached hydrogens (tertiary/aromatic N) is 7. The minimum Gasteiger partial charge on any atom is -0.384 e. The number of aliphatic hydroxyl groups is 1. The molecule has 3 saturated heterocycles. The van der Waals surface area contributed by atoms with Gasteiger partial charge in [0.05, 0.1) is 12.2 Å². The number of carbonyl (C=O) groups excluding carboxylic acids is 2. The van der Waals surface area contributed by atoms with Crippen molar-refractivity contribution < 1.29 is 19.1 Å². The predicted octanol–water partition coefficient (Wildman–Crippen LogP) is 5.54. The first-order chi connectivity index (χ1) is 28.4. The molecule has 4 N–H and O–H groups in total. The molecule has 0 bridgehead atoms. The lowest BCUT2D eigenvalue weighted by molar-refractivity contribution is -0.133. The highest BCUT2D eigenvalue weighted by Gasteiger charge is 2.37. The number of amides is 2. The quantitative estimate of drug-likeness (QED) is 0.0926. The average molecular weight is 803 g/mol. The average Bonchev–Trinajstić information content (AvgIpc) is 3.49. The van der Waals surface area contributed by atoms with Gasteiger partial charge in [-0.2, -0.15) is 4.98 Å². The van der Waals surface area contributed by atoms with Crippen LogP contribution in [0.3, 0.4) is 0 Å². The lowest BCUT2D eigenvalue weighted by Crippen LogP contribution is -2.49. The maximum absolute atomic E-state index is 16.3. The van der Waals surface area contributed by atoms with Gasteiger partial charge < -0.3 is 25.5 Å². The molecule has 59 heavy (non-hydrogen) atoms. The van der Waals surface area contributed by atoms with Crippen molar-refractivity contribution in [3.63, 3.8) is 0 Å². The lowest BCUT2D eigenvalue weighted by atomic mass is 9.87. The molecule has 2 amide bonds. The van der Waals surface area contributed by atoms with Gasteiger partial charge in [-0.3, -0.25) is 19.7 Å². The van der Waals surface area contributed by atoms with E-state index in [9.17, 15) is 19.5 Å². The Morgan fingerprint density at radius 3 is 2.34 bits per heavy atom. The highest BCUT2D eigenvalue weighted by Crippen LogP contribution is 2.35. The van der Waals surface area contributed by atoms with Crippen LogP contribution in [0.15, 0.2) is 90.4 Å². The number of pyridine rings is 1. The van der Waals surface area contributed by atoms with Crippen molar-refractivity contribution in [2.24, 2.45) is 0 Å². The Labute approximate surface area is 342 Å². The van der Waals surface area contributed by atoms with Crippen LogP contribution in [-0.4, -0.2) is 90.6 Å². The fourth-order valence-corrected chi connectivity index (χ4v) is 8.41. The molecule has 6 heterocycles. The number of rotatable bonds is 12. The van der Waals surface area contributed by atoms with E-state index in [2.05, 4.69) is 54.4 Å². The minimum atomic E-state index is -1.24. The fourth-order valence-electron chi connectivity index (χ4n) is 8.41. The highest BCUT2D eigenvalue weighted by atomic mass is 19.1. The zero-order valence-corrected chi connectivity index (χ0v) is 33.5. The molecule has 0 spiro atoms. The SMILES string of the molecule is C=CCn1c(=O)c2cnc(Nc3ccc(N4CCC(F)(CN5CCC(c6ccc(NC7CCC(=O)NC7=O)cc6)CC5)CC4)cc3)nc2n1-c1cccc(C(C)(C)O)n1. The Bertz CT molecular complexity index is 2390. The zero-order valence-electron chi connectivity index (χ0n) is 33.5. The van der Waals surface area contributed by atoms with Crippen molar-refractivity contribution in [3.8, 4) is 5.82 Å². The second-order valence-electron chi connectivity index (χ2n) is 16.5. The number of piperidine rings is 3. The first-order valence-electron chi connectivity index (χ1n) is 20.4. The largest absolute Gasteiger partial charge is 0.384 e. The van der Waals surface area contributed by atoms with Crippen LogP contribution in [0, 0.1) is 0 Å². The van der Waals surface area contributed by atoms with Gasteiger partial charge in [0, 0.05) is 62.2 Å². The van der Waals surface area contributed by atoms with Gasteiger partial charge in [-0.1, -0.05) is 24.3 Å². The molecule has 3 aliphatic rings. The Morgan fingerprint density at radius 2 is 1.66 bits per heavy atom. The highest BCUT2D eigenvalue weighted by molar-refractivity contribution is 6.01. The normalized spacial score (nSPS) is 19.1. The summed E-state index contributed by atoms with van der Waals surface area (Å²) in [5.74, 6) is 0.634. The van der Waals surface area contributed by atoms with Crippen molar-refractivity contribution in [1.82, 2.24) is 34.5 Å². The molecular formula is C44H51FN10O4. The van der Waals surface area contributed by atoms with E-state index < -0.39 is 17.3 Å². The van der Waals surface area contributed by atoms with Crippen LogP contribution in [0.5, 0.6) is 0 Å². The summed E-state index contributed by atoms with van der Waals surface area (Å²) in [6, 6.07) is 21.0. The molecule has 1 atom stereocenters. The zero-order chi connectivity index (χ0) is 41.3. The van der Waals surface area contributed by atoms with Gasteiger partial charge >= 0.3 is 0 Å². The van der Waals surface area contributed by atoms with Crippen molar-refractivity contribution >= 4 is 45.9 Å². The number of hydrogen-bond donors (Lipinski definition) is 4. The summed E-state index contributed by atoms with van der Waals surface area (Å²) >= 11 is 0. The number of fused-ring (bicyclic) bond motifs is 1. The number of allylic oxidation sites excluding steroid dienone is 1. The van der Waals surface area contributed by atoms with Crippen LogP contribution in [0.25, 0.3) is 16.9 Å². The van der Waals surface area contributed by atoms with Gasteiger partial charge in [-0.05, 0) is 106 Å². The first-order valence-corrected chi connectivity index (χ1v) is 20.4. The van der Waals surface area contributed by atoms with Gasteiger partial charge in [-0.25, -0.2) is 23.7 Å². The number of hydrogen-bond acceptors (Lipinski definition) is 11. The van der Waals surface area contributed by atoms with E-state index in [1.54, 1.807) is 42.8 Å². The molecule has 8 rings (SSSR count). The summed E-state index contributed by atoms with van der Waals surface area (Å²) in [7, 11) is 0. The molecule has 1 unspecified atom stereocenters. The Hall–Kier alpha value is -5.93. The number of likely N-dealkylation sites (tertiary alicyclic amines) is 1. The lowest BCUT2D eigenvalue weighted by Gasteiger charge is -2.42. The van der Waals surface area contributed by atoms with Crippen molar-refractivity contribution in [3.05, 3.63) is 107 Å². The smallest absolute Gasteiger partial charge is 0.278 e. The Kier molecular flexibility index (Phi) is 11.1. The number of carbonyl (C=O) groups is 2. The third kappa shape index (κ3) is 8.76. The summed E-state index contributed by atoms with van der Waals surface area (Å²) in [6.45, 7) is 10.7. The second-order valence-corrected chi connectivity index (χ2v) is 16.5. The van der Waals surface area contributed by atoms with Gasteiger partial charge in [0.2, 0.25) is 17.8 Å². The number of imide groups is 1. The summed E-state index contributed by atoms with van der Waals surface area (Å²) in [5.41, 5.74) is 2.01. The van der Waals surface area contributed by atoms with E-state index in [0.717, 1.165) is 43.0 Å². The number of benzene rings is 2. The molecule has 0 aliphatic carbocycles. The maximum atomic E-state index is 16.3. The molecular weight excluding hydrogens is 752 g/mol. The summed E-state index contributed by atoms with van der Waals surface area (Å²) in [5, 5.41) is 19.8. The third-order valence-electron chi connectivity index (χ3n) is 11.8. The van der Waals surface area contributed by atoms with E-state index in [-0.39, 0.29) is 23.9 Å². The maximum Gasteiger partial charge on any atom is 0.278 e. The first kappa shape index (κ1) is 39.9. The monoisotopic (exact) mass is 802 g/mol. The topological polar surface area (TPSA) is 163 Å². The van der Waals surface area contributed by atoms with Crippen molar-refractivity contribution in [1.29, 1.82) is 0 Å². The summed E-state index contributed by atoms with van der Waals surface area (Å²) in [6.07, 6.45) is 6.82. The van der Waals surface area contributed by atoms with E-state index in [1.807, 2.05) is 36.4 Å². The third-order valence-corrected chi connectivity index (χ3v) is 11.8. The van der Waals surface area contributed by atoms with E-state index in [0.29, 0.717) is 79.7 Å². The molecule has 0 radical (unpaired) electrons. The van der Waals surface area contributed by atoms with Crippen LogP contribution in [-0.2, 0) is 21.7 Å². The van der Waals surface area contributed by atoms with Crippen LogP contribution in [0.4, 0.5) is 27.4 Å². The summed E-state index contributed by atoms with van der Waals surface area (Å²) in [4.78, 5) is 55.3. The Balaban J connectivity index is 0.847. The van der Waals surface area contributed by atoms with Gasteiger partial charge in [0.15, 0.2) is 11.5 Å².